The highest BCUT2D eigenvalue weighted by Gasteiger charge is 2.31. The number of aliphatic hydroxyl groups excluding tert-OH is 1. The molecule has 0 aliphatic heterocycles. The lowest BCUT2D eigenvalue weighted by Gasteiger charge is -2.15. The van der Waals surface area contributed by atoms with Crippen molar-refractivity contribution >= 4 is 11.8 Å². The monoisotopic (exact) mass is 436 g/mol. The van der Waals surface area contributed by atoms with Crippen molar-refractivity contribution in [1.82, 2.24) is 9.97 Å². The fourth-order valence-corrected chi connectivity index (χ4v) is 2.70. The maximum Gasteiger partial charge on any atom is 0.573 e. The van der Waals surface area contributed by atoms with Crippen molar-refractivity contribution in [3.05, 3.63) is 66.0 Å². The molecule has 1 heterocycles. The zero-order chi connectivity index (χ0) is 22.4. The second kappa shape index (κ2) is 9.61. The number of benzene rings is 2. The molecule has 0 aliphatic rings. The van der Waals surface area contributed by atoms with Gasteiger partial charge in [-0.1, -0.05) is 30.3 Å². The van der Waals surface area contributed by atoms with Crippen molar-refractivity contribution in [3.8, 4) is 17.0 Å². The van der Waals surface area contributed by atoms with E-state index in [0.29, 0.717) is 22.6 Å². The van der Waals surface area contributed by atoms with Crippen LogP contribution in [0.4, 0.5) is 29.3 Å². The van der Waals surface area contributed by atoms with E-state index < -0.39 is 6.36 Å². The lowest BCUT2D eigenvalue weighted by atomic mass is 10.1. The SMILES string of the molecule is C[C@@H](CO)Nc1nc(NCc2ccccc2F)cc(-c2cccc(OC(F)(F)F)c2)n1. The summed E-state index contributed by atoms with van der Waals surface area (Å²) in [4.78, 5) is 8.61. The van der Waals surface area contributed by atoms with E-state index in [1.54, 1.807) is 31.2 Å². The molecule has 3 rings (SSSR count). The zero-order valence-electron chi connectivity index (χ0n) is 16.4. The molecule has 1 atom stereocenters. The maximum absolute atomic E-state index is 13.9. The first-order chi connectivity index (χ1) is 14.7. The Kier molecular flexibility index (Phi) is 6.91. The molecular weight excluding hydrogens is 416 g/mol. The van der Waals surface area contributed by atoms with Gasteiger partial charge in [-0.25, -0.2) is 9.37 Å². The molecule has 0 spiro atoms. The quantitative estimate of drug-likeness (QED) is 0.449. The minimum absolute atomic E-state index is 0.134. The first-order valence-corrected chi connectivity index (χ1v) is 9.33. The molecule has 0 fully saturated rings. The normalized spacial score (nSPS) is 12.3. The molecule has 2 aromatic carbocycles. The maximum atomic E-state index is 13.9. The Labute approximate surface area is 175 Å². The van der Waals surface area contributed by atoms with Crippen molar-refractivity contribution in [2.45, 2.75) is 25.9 Å². The minimum atomic E-state index is -4.82. The molecule has 0 aliphatic carbocycles. The Morgan fingerprint density at radius 3 is 2.55 bits per heavy atom. The van der Waals surface area contributed by atoms with Crippen LogP contribution >= 0.6 is 0 Å². The molecule has 0 radical (unpaired) electrons. The van der Waals surface area contributed by atoms with Crippen molar-refractivity contribution in [2.24, 2.45) is 0 Å². The standard InChI is InChI=1S/C21H20F4N4O2/c1-13(12-30)27-20-28-18(14-6-4-7-16(9-14)31-21(23,24)25)10-19(29-20)26-11-15-5-2-3-8-17(15)22/h2-10,13,30H,11-12H2,1H3,(H2,26,27,28,29)/t13-/m0/s1. The largest absolute Gasteiger partial charge is 0.573 e. The first kappa shape index (κ1) is 22.3. The number of nitrogens with one attached hydrogen (secondary N) is 2. The van der Waals surface area contributed by atoms with Crippen molar-refractivity contribution in [3.63, 3.8) is 0 Å². The Balaban J connectivity index is 1.92. The van der Waals surface area contributed by atoms with Gasteiger partial charge < -0.3 is 20.5 Å². The summed E-state index contributed by atoms with van der Waals surface area (Å²) in [6.07, 6.45) is -4.82. The van der Waals surface area contributed by atoms with E-state index >= 15 is 0 Å². The Morgan fingerprint density at radius 2 is 1.84 bits per heavy atom. The number of rotatable bonds is 8. The fraction of sp³-hybridized carbons (Fsp3) is 0.238. The van der Waals surface area contributed by atoms with E-state index in [1.165, 1.54) is 30.3 Å². The minimum Gasteiger partial charge on any atom is -0.406 e. The lowest BCUT2D eigenvalue weighted by Crippen LogP contribution is -2.21. The van der Waals surface area contributed by atoms with Gasteiger partial charge in [0.2, 0.25) is 5.95 Å². The molecule has 0 bridgehead atoms. The van der Waals surface area contributed by atoms with Gasteiger partial charge in [0.05, 0.1) is 12.3 Å². The third-order valence-corrected chi connectivity index (χ3v) is 4.16. The zero-order valence-corrected chi connectivity index (χ0v) is 16.4. The van der Waals surface area contributed by atoms with E-state index in [0.717, 1.165) is 0 Å². The molecule has 0 saturated heterocycles. The Morgan fingerprint density at radius 1 is 1.06 bits per heavy atom. The van der Waals surface area contributed by atoms with Gasteiger partial charge in [-0.15, -0.1) is 13.2 Å². The van der Waals surface area contributed by atoms with Crippen LogP contribution in [0.15, 0.2) is 54.6 Å². The van der Waals surface area contributed by atoms with E-state index in [1.807, 2.05) is 0 Å². The number of aromatic nitrogens is 2. The van der Waals surface area contributed by atoms with E-state index in [4.69, 9.17) is 0 Å². The number of nitrogens with zero attached hydrogens (tertiary/aromatic N) is 2. The summed E-state index contributed by atoms with van der Waals surface area (Å²) in [5, 5.41) is 15.2. The highest BCUT2D eigenvalue weighted by molar-refractivity contribution is 5.66. The summed E-state index contributed by atoms with van der Waals surface area (Å²) < 4.78 is 55.5. The summed E-state index contributed by atoms with van der Waals surface area (Å²) in [6.45, 7) is 1.66. The first-order valence-electron chi connectivity index (χ1n) is 9.33. The number of halogens is 4. The van der Waals surface area contributed by atoms with Crippen molar-refractivity contribution < 1.29 is 27.4 Å². The van der Waals surface area contributed by atoms with Gasteiger partial charge in [0, 0.05) is 29.8 Å². The molecule has 31 heavy (non-hydrogen) atoms. The summed E-state index contributed by atoms with van der Waals surface area (Å²) in [5.74, 6) is -0.295. The van der Waals surface area contributed by atoms with Crippen LogP contribution in [0.3, 0.4) is 0 Å². The van der Waals surface area contributed by atoms with Gasteiger partial charge in [0.1, 0.15) is 17.4 Å². The van der Waals surface area contributed by atoms with Crippen LogP contribution in [-0.2, 0) is 6.54 Å². The molecule has 6 nitrogen and oxygen atoms in total. The van der Waals surface area contributed by atoms with Gasteiger partial charge in [0.15, 0.2) is 0 Å². The highest BCUT2D eigenvalue weighted by Crippen LogP contribution is 2.29. The molecule has 164 valence electrons. The smallest absolute Gasteiger partial charge is 0.406 e. The third kappa shape index (κ3) is 6.54. The van der Waals surface area contributed by atoms with E-state index in [-0.39, 0.29) is 36.7 Å². The molecule has 3 aromatic rings. The van der Waals surface area contributed by atoms with Crippen LogP contribution in [0, 0.1) is 5.82 Å². The summed E-state index contributed by atoms with van der Waals surface area (Å²) in [6, 6.07) is 12.8. The van der Waals surface area contributed by atoms with Crippen LogP contribution < -0.4 is 15.4 Å². The predicted molar refractivity (Wildman–Crippen MR) is 108 cm³/mol. The topological polar surface area (TPSA) is 79.3 Å². The van der Waals surface area contributed by atoms with Gasteiger partial charge >= 0.3 is 6.36 Å². The van der Waals surface area contributed by atoms with Crippen LogP contribution in [-0.4, -0.2) is 34.1 Å². The van der Waals surface area contributed by atoms with Crippen molar-refractivity contribution in [1.29, 1.82) is 0 Å². The van der Waals surface area contributed by atoms with Gasteiger partial charge in [-0.2, -0.15) is 4.98 Å². The van der Waals surface area contributed by atoms with Crippen LogP contribution in [0.1, 0.15) is 12.5 Å². The second-order valence-electron chi connectivity index (χ2n) is 6.71. The average Bonchev–Trinajstić information content (AvgIpc) is 2.72. The fourth-order valence-electron chi connectivity index (χ4n) is 2.70. The van der Waals surface area contributed by atoms with Gasteiger partial charge in [0.25, 0.3) is 0 Å². The predicted octanol–water partition coefficient (Wildman–Crippen LogP) is 4.59. The molecule has 1 aromatic heterocycles. The van der Waals surface area contributed by atoms with E-state index in [2.05, 4.69) is 25.3 Å². The van der Waals surface area contributed by atoms with E-state index in [9.17, 15) is 22.7 Å². The lowest BCUT2D eigenvalue weighted by molar-refractivity contribution is -0.274. The second-order valence-corrected chi connectivity index (χ2v) is 6.71. The molecular formula is C21H20F4N4O2. The highest BCUT2D eigenvalue weighted by atomic mass is 19.4. The molecule has 0 unspecified atom stereocenters. The Hall–Kier alpha value is -3.40. The van der Waals surface area contributed by atoms with Crippen LogP contribution in [0.5, 0.6) is 5.75 Å². The molecule has 0 amide bonds. The van der Waals surface area contributed by atoms with Gasteiger partial charge in [-0.05, 0) is 25.1 Å². The number of hydrogen-bond acceptors (Lipinski definition) is 6. The molecule has 10 heteroatoms. The summed E-state index contributed by atoms with van der Waals surface area (Å²) in [7, 11) is 0. The molecule has 0 saturated carbocycles. The van der Waals surface area contributed by atoms with Crippen LogP contribution in [0.2, 0.25) is 0 Å². The van der Waals surface area contributed by atoms with Gasteiger partial charge in [-0.3, -0.25) is 0 Å². The summed E-state index contributed by atoms with van der Waals surface area (Å²) in [5.41, 5.74) is 1.09. The third-order valence-electron chi connectivity index (χ3n) is 4.16. The number of ether oxygens (including phenoxy) is 1. The van der Waals surface area contributed by atoms with Crippen molar-refractivity contribution in [2.75, 3.05) is 17.2 Å². The average molecular weight is 436 g/mol. The molecule has 3 N–H and O–H groups in total. The summed E-state index contributed by atoms with van der Waals surface area (Å²) >= 11 is 0. The number of alkyl halides is 3. The van der Waals surface area contributed by atoms with Crippen LogP contribution in [0.25, 0.3) is 11.3 Å². The number of aliphatic hydroxyl groups is 1. The Bertz CT molecular complexity index is 1030. The number of anilines is 2. The number of hydrogen-bond donors (Lipinski definition) is 3.